The molecule has 2 N–H and O–H groups in total. The van der Waals surface area contributed by atoms with E-state index >= 15 is 0 Å². The summed E-state index contributed by atoms with van der Waals surface area (Å²) >= 11 is 0. The number of nitrogen functional groups attached to an aromatic ring is 1. The van der Waals surface area contributed by atoms with E-state index in [0.717, 1.165) is 23.4 Å². The van der Waals surface area contributed by atoms with Crippen LogP contribution in [-0.2, 0) is 11.2 Å². The number of ether oxygens (including phenoxy) is 2. The number of anilines is 1. The van der Waals surface area contributed by atoms with Crippen LogP contribution in [0.5, 0.6) is 5.75 Å². The maximum Gasteiger partial charge on any atom is 0.120 e. The van der Waals surface area contributed by atoms with E-state index in [1.807, 2.05) is 18.2 Å². The van der Waals surface area contributed by atoms with Crippen LogP contribution in [0.15, 0.2) is 18.2 Å². The van der Waals surface area contributed by atoms with Gasteiger partial charge in [-0.3, -0.25) is 0 Å². The lowest BCUT2D eigenvalue weighted by Crippen LogP contribution is -1.99. The van der Waals surface area contributed by atoms with Gasteiger partial charge in [0, 0.05) is 18.9 Å². The summed E-state index contributed by atoms with van der Waals surface area (Å²) in [5.74, 6) is 0.790. The minimum Gasteiger partial charge on any atom is -0.497 e. The summed E-state index contributed by atoms with van der Waals surface area (Å²) in [5, 5.41) is 0. The molecule has 0 aliphatic rings. The van der Waals surface area contributed by atoms with Crippen LogP contribution in [0.4, 0.5) is 5.69 Å². The molecule has 3 nitrogen and oxygen atoms in total. The second-order valence-electron chi connectivity index (χ2n) is 2.81. The third-order valence-electron chi connectivity index (χ3n) is 1.93. The zero-order chi connectivity index (χ0) is 9.68. The fourth-order valence-corrected chi connectivity index (χ4v) is 1.14. The molecule has 0 spiro atoms. The molecule has 0 aliphatic carbocycles. The van der Waals surface area contributed by atoms with E-state index in [1.165, 1.54) is 0 Å². The summed E-state index contributed by atoms with van der Waals surface area (Å²) in [6, 6.07) is 5.69. The summed E-state index contributed by atoms with van der Waals surface area (Å²) < 4.78 is 10.0. The van der Waals surface area contributed by atoms with Crippen LogP contribution >= 0.6 is 0 Å². The van der Waals surface area contributed by atoms with E-state index in [9.17, 15) is 0 Å². The second kappa shape index (κ2) is 4.72. The zero-order valence-corrected chi connectivity index (χ0v) is 8.04. The third-order valence-corrected chi connectivity index (χ3v) is 1.93. The molecule has 0 saturated heterocycles. The molecular weight excluding hydrogens is 166 g/mol. The molecule has 0 amide bonds. The molecule has 0 radical (unpaired) electrons. The Hall–Kier alpha value is -1.22. The molecule has 0 unspecified atom stereocenters. The number of nitrogens with two attached hydrogens (primary N) is 1. The zero-order valence-electron chi connectivity index (χ0n) is 8.04. The van der Waals surface area contributed by atoms with Crippen molar-refractivity contribution in [1.29, 1.82) is 0 Å². The van der Waals surface area contributed by atoms with Crippen molar-refractivity contribution in [2.24, 2.45) is 0 Å². The molecule has 1 rings (SSSR count). The van der Waals surface area contributed by atoms with Crippen LogP contribution in [0.25, 0.3) is 0 Å². The van der Waals surface area contributed by atoms with Gasteiger partial charge in [0.05, 0.1) is 13.7 Å². The first kappa shape index (κ1) is 9.86. The van der Waals surface area contributed by atoms with E-state index in [-0.39, 0.29) is 0 Å². The maximum absolute atomic E-state index is 5.80. The average molecular weight is 181 g/mol. The summed E-state index contributed by atoms with van der Waals surface area (Å²) in [6.45, 7) is 0.691. The Kier molecular flexibility index (Phi) is 3.58. The predicted octanol–water partition coefficient (Wildman–Crippen LogP) is 1.47. The largest absolute Gasteiger partial charge is 0.497 e. The van der Waals surface area contributed by atoms with Gasteiger partial charge >= 0.3 is 0 Å². The first-order valence-electron chi connectivity index (χ1n) is 4.19. The number of methoxy groups -OCH3 is 2. The van der Waals surface area contributed by atoms with Gasteiger partial charge in [0.2, 0.25) is 0 Å². The fraction of sp³-hybridized carbons (Fsp3) is 0.400. The highest BCUT2D eigenvalue weighted by atomic mass is 16.5. The quantitative estimate of drug-likeness (QED) is 0.715. The van der Waals surface area contributed by atoms with E-state index in [0.29, 0.717) is 6.61 Å². The minimum atomic E-state index is 0.691. The summed E-state index contributed by atoms with van der Waals surface area (Å²) in [6.07, 6.45) is 0.840. The number of hydrogen-bond donors (Lipinski definition) is 1. The van der Waals surface area contributed by atoms with Crippen molar-refractivity contribution in [3.8, 4) is 5.75 Å². The molecule has 0 bridgehead atoms. The van der Waals surface area contributed by atoms with E-state index in [2.05, 4.69) is 0 Å². The van der Waals surface area contributed by atoms with Crippen LogP contribution < -0.4 is 10.5 Å². The molecule has 1 aromatic rings. The van der Waals surface area contributed by atoms with Crippen LogP contribution in [0.1, 0.15) is 5.56 Å². The standard InChI is InChI=1S/C10H15NO2/c1-12-6-5-8-3-4-9(13-2)7-10(8)11/h3-4,7H,5-6,11H2,1-2H3. The van der Waals surface area contributed by atoms with Gasteiger partial charge < -0.3 is 15.2 Å². The lowest BCUT2D eigenvalue weighted by Gasteiger charge is -2.06. The van der Waals surface area contributed by atoms with Crippen molar-refractivity contribution in [2.75, 3.05) is 26.6 Å². The molecule has 72 valence electrons. The first-order chi connectivity index (χ1) is 6.27. The van der Waals surface area contributed by atoms with Gasteiger partial charge in [0.15, 0.2) is 0 Å². The molecule has 0 aliphatic heterocycles. The second-order valence-corrected chi connectivity index (χ2v) is 2.81. The van der Waals surface area contributed by atoms with Gasteiger partial charge in [0.25, 0.3) is 0 Å². The van der Waals surface area contributed by atoms with Gasteiger partial charge in [0.1, 0.15) is 5.75 Å². The van der Waals surface area contributed by atoms with Crippen LogP contribution in [0.2, 0.25) is 0 Å². The minimum absolute atomic E-state index is 0.691. The SMILES string of the molecule is COCCc1ccc(OC)cc1N. The highest BCUT2D eigenvalue weighted by Crippen LogP contribution is 2.19. The topological polar surface area (TPSA) is 44.5 Å². The molecular formula is C10H15NO2. The van der Waals surface area contributed by atoms with Gasteiger partial charge in [-0.2, -0.15) is 0 Å². The first-order valence-corrected chi connectivity index (χ1v) is 4.19. The third kappa shape index (κ3) is 2.63. The van der Waals surface area contributed by atoms with Crippen LogP contribution in [0.3, 0.4) is 0 Å². The van der Waals surface area contributed by atoms with Gasteiger partial charge in [-0.15, -0.1) is 0 Å². The molecule has 1 aromatic carbocycles. The van der Waals surface area contributed by atoms with Crippen molar-refractivity contribution < 1.29 is 9.47 Å². The van der Waals surface area contributed by atoms with Crippen LogP contribution in [-0.4, -0.2) is 20.8 Å². The Labute approximate surface area is 78.5 Å². The smallest absolute Gasteiger partial charge is 0.120 e. The van der Waals surface area contributed by atoms with E-state index in [4.69, 9.17) is 15.2 Å². The number of hydrogen-bond acceptors (Lipinski definition) is 3. The Balaban J connectivity index is 2.73. The lowest BCUT2D eigenvalue weighted by molar-refractivity contribution is 0.202. The van der Waals surface area contributed by atoms with Gasteiger partial charge in [-0.25, -0.2) is 0 Å². The van der Waals surface area contributed by atoms with E-state index < -0.39 is 0 Å². The number of benzene rings is 1. The molecule has 3 heteroatoms. The fourth-order valence-electron chi connectivity index (χ4n) is 1.14. The highest BCUT2D eigenvalue weighted by Gasteiger charge is 2.00. The molecule has 0 heterocycles. The van der Waals surface area contributed by atoms with Crippen molar-refractivity contribution in [3.63, 3.8) is 0 Å². The van der Waals surface area contributed by atoms with Gasteiger partial charge in [-0.1, -0.05) is 6.07 Å². The van der Waals surface area contributed by atoms with Crippen molar-refractivity contribution in [2.45, 2.75) is 6.42 Å². The van der Waals surface area contributed by atoms with Crippen molar-refractivity contribution in [3.05, 3.63) is 23.8 Å². The predicted molar refractivity (Wildman–Crippen MR) is 53.0 cm³/mol. The van der Waals surface area contributed by atoms with Crippen molar-refractivity contribution in [1.82, 2.24) is 0 Å². The molecule has 0 fully saturated rings. The monoisotopic (exact) mass is 181 g/mol. The molecule has 0 aromatic heterocycles. The summed E-state index contributed by atoms with van der Waals surface area (Å²) in [4.78, 5) is 0. The Bertz CT molecular complexity index is 274. The summed E-state index contributed by atoms with van der Waals surface area (Å²) in [7, 11) is 3.31. The lowest BCUT2D eigenvalue weighted by atomic mass is 10.1. The van der Waals surface area contributed by atoms with Crippen molar-refractivity contribution >= 4 is 5.69 Å². The number of rotatable bonds is 4. The average Bonchev–Trinajstić information content (AvgIpc) is 2.16. The Morgan fingerprint density at radius 3 is 2.62 bits per heavy atom. The van der Waals surface area contributed by atoms with Crippen LogP contribution in [0, 0.1) is 0 Å². The summed E-state index contributed by atoms with van der Waals surface area (Å²) in [5.41, 5.74) is 7.66. The molecule has 13 heavy (non-hydrogen) atoms. The molecule has 0 atom stereocenters. The van der Waals surface area contributed by atoms with E-state index in [1.54, 1.807) is 14.2 Å². The maximum atomic E-state index is 5.80. The molecule has 0 saturated carbocycles. The Morgan fingerprint density at radius 1 is 1.31 bits per heavy atom. The normalized spacial score (nSPS) is 10.0. The van der Waals surface area contributed by atoms with Gasteiger partial charge in [-0.05, 0) is 18.1 Å². The highest BCUT2D eigenvalue weighted by molar-refractivity contribution is 5.51. The Morgan fingerprint density at radius 2 is 2.08 bits per heavy atom.